The zero-order chi connectivity index (χ0) is 12.9. The van der Waals surface area contributed by atoms with Gasteiger partial charge in [0.1, 0.15) is 0 Å². The number of rotatable bonds is 0. The molecule has 3 rings (SSSR count). The van der Waals surface area contributed by atoms with Crippen molar-refractivity contribution in [2.75, 3.05) is 0 Å². The first-order valence-electron chi connectivity index (χ1n) is 5.26. The summed E-state index contributed by atoms with van der Waals surface area (Å²) in [6.45, 7) is 0. The van der Waals surface area contributed by atoms with Crippen molar-refractivity contribution in [3.8, 4) is 0 Å². The summed E-state index contributed by atoms with van der Waals surface area (Å²) in [5, 5.41) is 4.26. The molecule has 0 aliphatic heterocycles. The van der Waals surface area contributed by atoms with E-state index in [9.17, 15) is 13.2 Å². The van der Waals surface area contributed by atoms with Gasteiger partial charge in [0.15, 0.2) is 5.69 Å². The number of alkyl halides is 3. The lowest BCUT2D eigenvalue weighted by Crippen LogP contribution is -2.07. The van der Waals surface area contributed by atoms with Gasteiger partial charge < -0.3 is 0 Å². The fourth-order valence-electron chi connectivity index (χ4n) is 2.11. The Bertz CT molecular complexity index is 743. The molecule has 2 aromatic heterocycles. The van der Waals surface area contributed by atoms with Gasteiger partial charge in [-0.2, -0.15) is 18.3 Å². The van der Waals surface area contributed by atoms with Crippen molar-refractivity contribution in [1.82, 2.24) is 14.8 Å². The Morgan fingerprint density at radius 3 is 2.56 bits per heavy atom. The Kier molecular flexibility index (Phi) is 2.10. The SMILES string of the molecule is Cn1nc(C(F)(F)F)c2cnc3ccccc3c21. The number of aromatic nitrogens is 3. The van der Waals surface area contributed by atoms with E-state index < -0.39 is 11.9 Å². The zero-order valence-electron chi connectivity index (χ0n) is 9.36. The second kappa shape index (κ2) is 3.44. The van der Waals surface area contributed by atoms with Crippen LogP contribution in [-0.4, -0.2) is 14.8 Å². The van der Waals surface area contributed by atoms with Gasteiger partial charge in [0.05, 0.1) is 16.4 Å². The lowest BCUT2D eigenvalue weighted by atomic mass is 10.1. The third-order valence-corrected chi connectivity index (χ3v) is 2.84. The highest BCUT2D eigenvalue weighted by Crippen LogP contribution is 2.35. The molecular formula is C12H8F3N3. The number of hydrogen-bond acceptors (Lipinski definition) is 2. The van der Waals surface area contributed by atoms with Crippen molar-refractivity contribution in [3.63, 3.8) is 0 Å². The van der Waals surface area contributed by atoms with Crippen molar-refractivity contribution < 1.29 is 13.2 Å². The molecule has 2 heterocycles. The first kappa shape index (κ1) is 11.0. The van der Waals surface area contributed by atoms with Crippen LogP contribution < -0.4 is 0 Å². The highest BCUT2D eigenvalue weighted by Gasteiger charge is 2.36. The van der Waals surface area contributed by atoms with Gasteiger partial charge in [-0.3, -0.25) is 9.67 Å². The molecule has 3 aromatic rings. The second-order valence-corrected chi connectivity index (χ2v) is 4.01. The minimum absolute atomic E-state index is 0.0312. The minimum Gasteiger partial charge on any atom is -0.267 e. The molecule has 1 aromatic carbocycles. The minimum atomic E-state index is -4.47. The molecule has 0 atom stereocenters. The van der Waals surface area contributed by atoms with Crippen LogP contribution >= 0.6 is 0 Å². The first-order chi connectivity index (χ1) is 8.48. The van der Waals surface area contributed by atoms with Gasteiger partial charge in [0.2, 0.25) is 0 Å². The molecule has 0 N–H and O–H groups in total. The maximum Gasteiger partial charge on any atom is 0.435 e. The highest BCUT2D eigenvalue weighted by atomic mass is 19.4. The second-order valence-electron chi connectivity index (χ2n) is 4.01. The first-order valence-corrected chi connectivity index (χ1v) is 5.26. The van der Waals surface area contributed by atoms with Crippen LogP contribution in [0.25, 0.3) is 21.8 Å². The van der Waals surface area contributed by atoms with Crippen LogP contribution in [-0.2, 0) is 13.2 Å². The van der Waals surface area contributed by atoms with E-state index in [-0.39, 0.29) is 5.39 Å². The number of nitrogens with zero attached hydrogens (tertiary/aromatic N) is 3. The van der Waals surface area contributed by atoms with E-state index in [2.05, 4.69) is 10.1 Å². The van der Waals surface area contributed by atoms with Gasteiger partial charge in [-0.1, -0.05) is 18.2 Å². The van der Waals surface area contributed by atoms with Crippen LogP contribution in [0.5, 0.6) is 0 Å². The predicted octanol–water partition coefficient (Wildman–Crippen LogP) is 3.14. The number of para-hydroxylation sites is 1. The van der Waals surface area contributed by atoms with E-state index in [0.29, 0.717) is 16.4 Å². The summed E-state index contributed by atoms with van der Waals surface area (Å²) in [7, 11) is 1.50. The van der Waals surface area contributed by atoms with E-state index in [1.807, 2.05) is 0 Å². The van der Waals surface area contributed by atoms with E-state index in [4.69, 9.17) is 0 Å². The highest BCUT2D eigenvalue weighted by molar-refractivity contribution is 6.04. The van der Waals surface area contributed by atoms with Crippen molar-refractivity contribution in [3.05, 3.63) is 36.2 Å². The third kappa shape index (κ3) is 1.45. The van der Waals surface area contributed by atoms with Crippen LogP contribution in [0, 0.1) is 0 Å². The summed E-state index contributed by atoms with van der Waals surface area (Å²) in [5.74, 6) is 0. The number of benzene rings is 1. The maximum absolute atomic E-state index is 12.8. The number of halogens is 3. The van der Waals surface area contributed by atoms with Crippen LogP contribution in [0.2, 0.25) is 0 Å². The predicted molar refractivity (Wildman–Crippen MR) is 61.0 cm³/mol. The fraction of sp³-hybridized carbons (Fsp3) is 0.167. The van der Waals surface area contributed by atoms with E-state index in [1.165, 1.54) is 17.9 Å². The Balaban J connectivity index is 2.50. The van der Waals surface area contributed by atoms with E-state index in [1.54, 1.807) is 24.3 Å². The average Bonchev–Trinajstić information content (AvgIpc) is 2.67. The molecule has 0 radical (unpaired) electrons. The molecule has 18 heavy (non-hydrogen) atoms. The molecule has 0 fully saturated rings. The normalized spacial score (nSPS) is 12.4. The van der Waals surface area contributed by atoms with Gasteiger partial charge in [0.25, 0.3) is 0 Å². The molecule has 6 heteroatoms. The summed E-state index contributed by atoms with van der Waals surface area (Å²) in [4.78, 5) is 4.04. The van der Waals surface area contributed by atoms with Crippen molar-refractivity contribution in [2.24, 2.45) is 7.05 Å². The molecule has 3 nitrogen and oxygen atoms in total. The zero-order valence-corrected chi connectivity index (χ0v) is 9.36. The van der Waals surface area contributed by atoms with E-state index in [0.717, 1.165) is 0 Å². The number of hydrogen-bond donors (Lipinski definition) is 0. The van der Waals surface area contributed by atoms with Crippen LogP contribution in [0.4, 0.5) is 13.2 Å². The van der Waals surface area contributed by atoms with Crippen LogP contribution in [0.3, 0.4) is 0 Å². The summed E-state index contributed by atoms with van der Waals surface area (Å²) in [6.07, 6.45) is -3.24. The van der Waals surface area contributed by atoms with Crippen LogP contribution in [0.15, 0.2) is 30.5 Å². The lowest BCUT2D eigenvalue weighted by molar-refractivity contribution is -0.140. The van der Waals surface area contributed by atoms with Gasteiger partial charge >= 0.3 is 6.18 Å². The number of fused-ring (bicyclic) bond motifs is 3. The molecule has 92 valence electrons. The lowest BCUT2D eigenvalue weighted by Gasteiger charge is -2.02. The summed E-state index contributed by atoms with van der Waals surface area (Å²) in [5.41, 5.74) is 0.216. The quantitative estimate of drug-likeness (QED) is 0.614. The average molecular weight is 251 g/mol. The standard InChI is InChI=1S/C12H8F3N3/c1-18-10-7-4-2-3-5-9(7)16-6-8(10)11(17-18)12(13,14)15/h2-6H,1H3. The molecule has 0 amide bonds. The Labute approximate surface area is 99.8 Å². The molecule has 0 saturated heterocycles. The van der Waals surface area contributed by atoms with Crippen LogP contribution in [0.1, 0.15) is 5.69 Å². The van der Waals surface area contributed by atoms with Gasteiger partial charge in [0, 0.05) is 18.6 Å². The van der Waals surface area contributed by atoms with Gasteiger partial charge in [-0.15, -0.1) is 0 Å². The monoisotopic (exact) mass is 251 g/mol. The van der Waals surface area contributed by atoms with Crippen molar-refractivity contribution in [1.29, 1.82) is 0 Å². The summed E-state index contributed by atoms with van der Waals surface area (Å²) in [6, 6.07) is 7.06. The van der Waals surface area contributed by atoms with E-state index >= 15 is 0 Å². The summed E-state index contributed by atoms with van der Waals surface area (Å²) < 4.78 is 39.7. The van der Waals surface area contributed by atoms with Gasteiger partial charge in [-0.05, 0) is 6.07 Å². The van der Waals surface area contributed by atoms with Crippen molar-refractivity contribution in [2.45, 2.75) is 6.18 Å². The number of aryl methyl sites for hydroxylation is 1. The molecular weight excluding hydrogens is 243 g/mol. The molecule has 0 aliphatic carbocycles. The molecule has 0 spiro atoms. The molecule has 0 bridgehead atoms. The van der Waals surface area contributed by atoms with Crippen molar-refractivity contribution >= 4 is 21.8 Å². The van der Waals surface area contributed by atoms with Gasteiger partial charge in [-0.25, -0.2) is 0 Å². The maximum atomic E-state index is 12.8. The molecule has 0 saturated carbocycles. The largest absolute Gasteiger partial charge is 0.435 e. The number of pyridine rings is 1. The fourth-order valence-corrected chi connectivity index (χ4v) is 2.11. The molecule has 0 aliphatic rings. The topological polar surface area (TPSA) is 30.7 Å². The Morgan fingerprint density at radius 1 is 1.11 bits per heavy atom. The third-order valence-electron chi connectivity index (χ3n) is 2.84. The molecule has 0 unspecified atom stereocenters. The Morgan fingerprint density at radius 2 is 1.83 bits per heavy atom. The summed E-state index contributed by atoms with van der Waals surface area (Å²) >= 11 is 0. The Hall–Kier alpha value is -2.11. The smallest absolute Gasteiger partial charge is 0.267 e.